The molecule has 0 amide bonds. The lowest BCUT2D eigenvalue weighted by Gasteiger charge is -2.12. The van der Waals surface area contributed by atoms with Crippen molar-refractivity contribution in [1.29, 1.82) is 0 Å². The van der Waals surface area contributed by atoms with Gasteiger partial charge in [-0.15, -0.1) is 0 Å². The van der Waals surface area contributed by atoms with Gasteiger partial charge in [-0.05, 0) is 49.4 Å². The number of aryl methyl sites for hydroxylation is 4. The van der Waals surface area contributed by atoms with Gasteiger partial charge in [-0.2, -0.15) is 9.37 Å². The zero-order valence-corrected chi connectivity index (χ0v) is 16.6. The van der Waals surface area contributed by atoms with Crippen LogP contribution in [-0.2, 0) is 7.05 Å². The van der Waals surface area contributed by atoms with Crippen LogP contribution >= 0.6 is 0 Å². The van der Waals surface area contributed by atoms with E-state index >= 15 is 0 Å². The molecule has 0 radical (unpaired) electrons. The fraction of sp³-hybridized carbons (Fsp3) is 0.304. The average Bonchev–Trinajstić information content (AvgIpc) is 2.93. The average molecular weight is 363 g/mol. The lowest BCUT2D eigenvalue weighted by atomic mass is 9.94. The van der Waals surface area contributed by atoms with E-state index in [-0.39, 0.29) is 0 Å². The minimum absolute atomic E-state index is 0.355. The molecule has 0 atom stereocenters. The van der Waals surface area contributed by atoms with E-state index in [4.69, 9.17) is 4.42 Å². The van der Waals surface area contributed by atoms with E-state index in [0.29, 0.717) is 11.6 Å². The van der Waals surface area contributed by atoms with Crippen LogP contribution < -0.4 is 4.57 Å². The van der Waals surface area contributed by atoms with Crippen molar-refractivity contribution in [1.82, 2.24) is 4.98 Å². The molecule has 138 valence electrons. The molecule has 4 rings (SSSR count). The van der Waals surface area contributed by atoms with Crippen LogP contribution in [0.15, 0.2) is 34.9 Å². The highest BCUT2D eigenvalue weighted by molar-refractivity contribution is 6.10. The molecule has 4 heteroatoms. The van der Waals surface area contributed by atoms with Crippen LogP contribution in [0.5, 0.6) is 0 Å². The summed E-state index contributed by atoms with van der Waals surface area (Å²) in [4.78, 5) is 3.98. The summed E-state index contributed by atoms with van der Waals surface area (Å²) in [5.41, 5.74) is 7.78. The van der Waals surface area contributed by atoms with Crippen molar-refractivity contribution < 1.29 is 13.4 Å². The van der Waals surface area contributed by atoms with Gasteiger partial charge in [0.15, 0.2) is 11.8 Å². The van der Waals surface area contributed by atoms with Gasteiger partial charge in [-0.25, -0.2) is 4.57 Å². The molecule has 0 aliphatic heterocycles. The Hall–Kier alpha value is -2.75. The Morgan fingerprint density at radius 3 is 2.48 bits per heavy atom. The molecule has 3 heterocycles. The molecule has 0 fully saturated rings. The predicted octanol–water partition coefficient (Wildman–Crippen LogP) is 5.66. The summed E-state index contributed by atoms with van der Waals surface area (Å²) in [6, 6.07) is 7.85. The second-order valence-corrected chi connectivity index (χ2v) is 7.74. The lowest BCUT2D eigenvalue weighted by molar-refractivity contribution is -0.660. The SMILES string of the molecule is Cc1c[n+](C)c(-c2c(C)ccc3c2oc2nc(F)cc(C)c23)cc1C(C)C. The maximum absolute atomic E-state index is 13.8. The number of nitrogens with zero attached hydrogens (tertiary/aromatic N) is 2. The Kier molecular flexibility index (Phi) is 4.02. The third-order valence-corrected chi connectivity index (χ3v) is 5.38. The van der Waals surface area contributed by atoms with E-state index in [2.05, 4.69) is 62.6 Å². The third kappa shape index (κ3) is 2.71. The van der Waals surface area contributed by atoms with Crippen molar-refractivity contribution in [3.8, 4) is 11.3 Å². The minimum Gasteiger partial charge on any atom is -0.437 e. The van der Waals surface area contributed by atoms with Crippen molar-refractivity contribution in [2.75, 3.05) is 0 Å². The molecule has 0 N–H and O–H groups in total. The van der Waals surface area contributed by atoms with Gasteiger partial charge in [0.2, 0.25) is 17.4 Å². The second-order valence-electron chi connectivity index (χ2n) is 7.74. The molecule has 27 heavy (non-hydrogen) atoms. The van der Waals surface area contributed by atoms with Gasteiger partial charge >= 0.3 is 0 Å². The summed E-state index contributed by atoms with van der Waals surface area (Å²) in [6.45, 7) is 10.5. The van der Waals surface area contributed by atoms with E-state index in [0.717, 1.165) is 38.7 Å². The van der Waals surface area contributed by atoms with E-state index in [9.17, 15) is 4.39 Å². The number of pyridine rings is 2. The third-order valence-electron chi connectivity index (χ3n) is 5.38. The maximum atomic E-state index is 13.8. The quantitative estimate of drug-likeness (QED) is 0.340. The first-order valence-corrected chi connectivity index (χ1v) is 9.27. The summed E-state index contributed by atoms with van der Waals surface area (Å²) >= 11 is 0. The number of furan rings is 1. The Bertz CT molecular complexity index is 1200. The van der Waals surface area contributed by atoms with Gasteiger partial charge < -0.3 is 4.42 Å². The first-order valence-electron chi connectivity index (χ1n) is 9.27. The lowest BCUT2D eigenvalue weighted by Crippen LogP contribution is -2.32. The molecule has 4 aromatic rings. The first-order chi connectivity index (χ1) is 12.8. The van der Waals surface area contributed by atoms with Crippen LogP contribution in [0, 0.1) is 26.7 Å². The summed E-state index contributed by atoms with van der Waals surface area (Å²) in [6.07, 6.45) is 2.16. The first kappa shape index (κ1) is 17.7. The van der Waals surface area contributed by atoms with Gasteiger partial charge in [0.25, 0.3) is 0 Å². The fourth-order valence-corrected chi connectivity index (χ4v) is 4.07. The number of hydrogen-bond acceptors (Lipinski definition) is 2. The van der Waals surface area contributed by atoms with Gasteiger partial charge in [0.1, 0.15) is 7.05 Å². The van der Waals surface area contributed by atoms with Crippen LogP contribution in [0.2, 0.25) is 0 Å². The molecule has 0 unspecified atom stereocenters. The Labute approximate surface area is 158 Å². The molecule has 0 bridgehead atoms. The highest BCUT2D eigenvalue weighted by atomic mass is 19.1. The molecule has 3 nitrogen and oxygen atoms in total. The van der Waals surface area contributed by atoms with Crippen molar-refractivity contribution >= 4 is 22.1 Å². The van der Waals surface area contributed by atoms with Crippen LogP contribution in [0.3, 0.4) is 0 Å². The topological polar surface area (TPSA) is 29.9 Å². The number of benzene rings is 1. The highest BCUT2D eigenvalue weighted by Crippen LogP contribution is 2.38. The Balaban J connectivity index is 2.13. The largest absolute Gasteiger partial charge is 0.437 e. The van der Waals surface area contributed by atoms with E-state index in [1.807, 2.05) is 13.0 Å². The van der Waals surface area contributed by atoms with Gasteiger partial charge in [0, 0.05) is 17.0 Å². The van der Waals surface area contributed by atoms with Gasteiger partial charge in [-0.1, -0.05) is 26.0 Å². The summed E-state index contributed by atoms with van der Waals surface area (Å²) < 4.78 is 22.0. The van der Waals surface area contributed by atoms with Gasteiger partial charge in [0.05, 0.1) is 10.9 Å². The standard InChI is InChI=1S/C23H24FN2O/c1-12(2)17-10-18(26(6)11-15(17)5)21-13(3)7-8-16-20-14(4)9-19(24)25-23(20)27-22(16)21/h7-12H,1-6H3/q+1. The summed E-state index contributed by atoms with van der Waals surface area (Å²) in [7, 11) is 2.05. The molecule has 0 saturated carbocycles. The van der Waals surface area contributed by atoms with Gasteiger partial charge in [-0.3, -0.25) is 0 Å². The molecule has 0 spiro atoms. The van der Waals surface area contributed by atoms with Crippen molar-refractivity contribution in [2.24, 2.45) is 7.05 Å². The molecular formula is C23H24FN2O+. The molecule has 0 aliphatic rings. The zero-order valence-electron chi connectivity index (χ0n) is 16.6. The number of hydrogen-bond donors (Lipinski definition) is 0. The van der Waals surface area contributed by atoms with Crippen molar-refractivity contribution in [3.05, 3.63) is 58.7 Å². The van der Waals surface area contributed by atoms with E-state index < -0.39 is 5.95 Å². The fourth-order valence-electron chi connectivity index (χ4n) is 4.07. The van der Waals surface area contributed by atoms with Crippen LogP contribution in [-0.4, -0.2) is 4.98 Å². The van der Waals surface area contributed by atoms with Crippen LogP contribution in [0.4, 0.5) is 4.39 Å². The smallest absolute Gasteiger partial charge is 0.230 e. The number of rotatable bonds is 2. The number of halogens is 1. The van der Waals surface area contributed by atoms with E-state index in [1.54, 1.807) is 0 Å². The summed E-state index contributed by atoms with van der Waals surface area (Å²) in [5, 5.41) is 1.86. The molecular weight excluding hydrogens is 339 g/mol. The Morgan fingerprint density at radius 1 is 1.04 bits per heavy atom. The Morgan fingerprint density at radius 2 is 1.78 bits per heavy atom. The predicted molar refractivity (Wildman–Crippen MR) is 106 cm³/mol. The monoisotopic (exact) mass is 363 g/mol. The molecule has 3 aromatic heterocycles. The van der Waals surface area contributed by atoms with E-state index in [1.165, 1.54) is 17.2 Å². The van der Waals surface area contributed by atoms with Crippen molar-refractivity contribution in [2.45, 2.75) is 40.5 Å². The molecule has 0 aliphatic carbocycles. The molecule has 1 aromatic carbocycles. The number of aromatic nitrogens is 2. The highest BCUT2D eigenvalue weighted by Gasteiger charge is 2.23. The normalized spacial score (nSPS) is 11.9. The van der Waals surface area contributed by atoms with Crippen LogP contribution in [0.25, 0.3) is 33.3 Å². The van der Waals surface area contributed by atoms with Crippen molar-refractivity contribution in [3.63, 3.8) is 0 Å². The molecule has 0 saturated heterocycles. The maximum Gasteiger partial charge on any atom is 0.230 e. The minimum atomic E-state index is -0.514. The second kappa shape index (κ2) is 6.15. The number of fused-ring (bicyclic) bond motifs is 3. The summed E-state index contributed by atoms with van der Waals surface area (Å²) in [5.74, 6) is -0.0848. The van der Waals surface area contributed by atoms with Crippen LogP contribution in [0.1, 0.15) is 42.0 Å². The zero-order chi connectivity index (χ0) is 19.5.